The number of hydroxylamine groups is 1. The number of hydrogen-bond acceptors (Lipinski definition) is 5. The van der Waals surface area contributed by atoms with Crippen LogP contribution in [0.1, 0.15) is 75.3 Å². The van der Waals surface area contributed by atoms with E-state index < -0.39 is 17.9 Å². The highest BCUT2D eigenvalue weighted by Gasteiger charge is 2.21. The average molecular weight is 418 g/mol. The number of unbranched alkanes of at least 4 members (excludes halogenated alkanes) is 6. The van der Waals surface area contributed by atoms with Crippen molar-refractivity contribution >= 4 is 17.8 Å². The maximum atomic E-state index is 11.9. The summed E-state index contributed by atoms with van der Waals surface area (Å²) in [5, 5.41) is 28.8. The standard InChI is InChI=1S/C22H31N3O5/c23-16-18-11-8-10-17(15-18)9-6-4-2-1-3-5-7-12-20(26)24-19(22(29)25-30)13-14-21(27)28/h8,10-11,15,19,30H,1-7,9,12-14H2,(H,24,26)(H,25,29)(H,27,28)/t19-/m1/s1. The maximum absolute atomic E-state index is 11.9. The van der Waals surface area contributed by atoms with Crippen LogP contribution in [0.3, 0.4) is 0 Å². The number of carbonyl (C=O) groups excluding carboxylic acids is 2. The second-order valence-electron chi connectivity index (χ2n) is 7.32. The lowest BCUT2D eigenvalue weighted by Gasteiger charge is -2.15. The smallest absolute Gasteiger partial charge is 0.303 e. The molecule has 30 heavy (non-hydrogen) atoms. The molecular formula is C22H31N3O5. The summed E-state index contributed by atoms with van der Waals surface area (Å²) < 4.78 is 0. The first-order valence-corrected chi connectivity index (χ1v) is 10.4. The molecule has 4 N–H and O–H groups in total. The fourth-order valence-electron chi connectivity index (χ4n) is 3.18. The number of benzene rings is 1. The van der Waals surface area contributed by atoms with Crippen LogP contribution < -0.4 is 10.8 Å². The van der Waals surface area contributed by atoms with Gasteiger partial charge in [-0.3, -0.25) is 19.6 Å². The molecular weight excluding hydrogens is 386 g/mol. The van der Waals surface area contributed by atoms with E-state index >= 15 is 0 Å². The van der Waals surface area contributed by atoms with Crippen LogP contribution in [0.2, 0.25) is 0 Å². The Labute approximate surface area is 177 Å². The Morgan fingerprint density at radius 3 is 2.30 bits per heavy atom. The summed E-state index contributed by atoms with van der Waals surface area (Å²) in [6.45, 7) is 0. The lowest BCUT2D eigenvalue weighted by atomic mass is 10.0. The summed E-state index contributed by atoms with van der Waals surface area (Å²) >= 11 is 0. The highest BCUT2D eigenvalue weighted by atomic mass is 16.5. The van der Waals surface area contributed by atoms with Gasteiger partial charge in [-0.1, -0.05) is 44.2 Å². The molecule has 1 rings (SSSR count). The van der Waals surface area contributed by atoms with E-state index in [1.165, 1.54) is 11.0 Å². The molecule has 0 bridgehead atoms. The Balaban J connectivity index is 2.09. The highest BCUT2D eigenvalue weighted by molar-refractivity contribution is 5.87. The number of amides is 2. The van der Waals surface area contributed by atoms with Crippen LogP contribution in [0.5, 0.6) is 0 Å². The molecule has 0 aliphatic rings. The second kappa shape index (κ2) is 15.0. The van der Waals surface area contributed by atoms with Gasteiger partial charge in [-0.2, -0.15) is 5.26 Å². The van der Waals surface area contributed by atoms with E-state index in [2.05, 4.69) is 11.4 Å². The molecule has 0 saturated heterocycles. The molecule has 0 heterocycles. The Hall–Kier alpha value is -2.92. The molecule has 0 aromatic heterocycles. The van der Waals surface area contributed by atoms with E-state index in [1.54, 1.807) is 6.07 Å². The monoisotopic (exact) mass is 417 g/mol. The van der Waals surface area contributed by atoms with E-state index in [0.717, 1.165) is 44.9 Å². The van der Waals surface area contributed by atoms with Crippen molar-refractivity contribution in [3.63, 3.8) is 0 Å². The molecule has 8 nitrogen and oxygen atoms in total. The number of nitrogens with zero attached hydrogens (tertiary/aromatic N) is 1. The van der Waals surface area contributed by atoms with Gasteiger partial charge >= 0.3 is 5.97 Å². The van der Waals surface area contributed by atoms with E-state index in [0.29, 0.717) is 12.0 Å². The minimum absolute atomic E-state index is 0.0751. The third-order valence-electron chi connectivity index (χ3n) is 4.83. The Kier molecular flexibility index (Phi) is 12.6. The molecule has 1 aromatic rings. The fourth-order valence-corrected chi connectivity index (χ4v) is 3.18. The molecule has 8 heteroatoms. The summed E-state index contributed by atoms with van der Waals surface area (Å²) in [6, 6.07) is 8.80. The third kappa shape index (κ3) is 11.2. The number of aryl methyl sites for hydroxylation is 1. The van der Waals surface area contributed by atoms with Gasteiger partial charge in [0.05, 0.1) is 11.6 Å². The lowest BCUT2D eigenvalue weighted by molar-refractivity contribution is -0.139. The van der Waals surface area contributed by atoms with Gasteiger partial charge in [-0.15, -0.1) is 0 Å². The summed E-state index contributed by atoms with van der Waals surface area (Å²) in [5.41, 5.74) is 3.34. The number of aliphatic carboxylic acids is 1. The summed E-state index contributed by atoms with van der Waals surface area (Å²) in [5.74, 6) is -2.21. The van der Waals surface area contributed by atoms with Gasteiger partial charge in [-0.25, -0.2) is 5.48 Å². The predicted molar refractivity (Wildman–Crippen MR) is 111 cm³/mol. The van der Waals surface area contributed by atoms with Crippen molar-refractivity contribution < 1.29 is 24.7 Å². The second-order valence-corrected chi connectivity index (χ2v) is 7.32. The molecule has 0 spiro atoms. The zero-order valence-electron chi connectivity index (χ0n) is 17.2. The molecule has 0 fully saturated rings. The van der Waals surface area contributed by atoms with Crippen LogP contribution in [-0.4, -0.2) is 34.1 Å². The van der Waals surface area contributed by atoms with Crippen molar-refractivity contribution in [3.8, 4) is 6.07 Å². The van der Waals surface area contributed by atoms with Crippen molar-refractivity contribution in [2.45, 2.75) is 76.7 Å². The fraction of sp³-hybridized carbons (Fsp3) is 0.545. The van der Waals surface area contributed by atoms with E-state index in [1.807, 2.05) is 18.2 Å². The lowest BCUT2D eigenvalue weighted by Crippen LogP contribution is -2.46. The first-order chi connectivity index (χ1) is 14.5. The van der Waals surface area contributed by atoms with Crippen LogP contribution in [0.15, 0.2) is 24.3 Å². The van der Waals surface area contributed by atoms with E-state index in [-0.39, 0.29) is 25.2 Å². The normalized spacial score (nSPS) is 11.3. The molecule has 0 aliphatic carbocycles. The zero-order chi connectivity index (χ0) is 22.2. The van der Waals surface area contributed by atoms with E-state index in [4.69, 9.17) is 15.6 Å². The SMILES string of the molecule is N#Cc1cccc(CCCCCCCCCC(=O)N[C@H](CCC(=O)O)C(=O)NO)c1. The molecule has 1 atom stereocenters. The maximum Gasteiger partial charge on any atom is 0.303 e. The van der Waals surface area contributed by atoms with Crippen LogP contribution in [0.25, 0.3) is 0 Å². The summed E-state index contributed by atoms with van der Waals surface area (Å²) in [7, 11) is 0. The van der Waals surface area contributed by atoms with Crippen molar-refractivity contribution in [2.24, 2.45) is 0 Å². The number of rotatable bonds is 15. The van der Waals surface area contributed by atoms with Gasteiger partial charge < -0.3 is 10.4 Å². The topological polar surface area (TPSA) is 140 Å². The number of hydrogen-bond donors (Lipinski definition) is 4. The Bertz CT molecular complexity index is 730. The minimum atomic E-state index is -1.07. The summed E-state index contributed by atoms with van der Waals surface area (Å²) in [6.07, 6.45) is 7.93. The molecule has 0 radical (unpaired) electrons. The van der Waals surface area contributed by atoms with Gasteiger partial charge in [0, 0.05) is 12.8 Å². The van der Waals surface area contributed by atoms with Gasteiger partial charge in [0.2, 0.25) is 5.91 Å². The number of nitrogens with one attached hydrogen (secondary N) is 2. The first-order valence-electron chi connectivity index (χ1n) is 10.4. The van der Waals surface area contributed by atoms with Gasteiger partial charge in [0.1, 0.15) is 6.04 Å². The molecule has 164 valence electrons. The van der Waals surface area contributed by atoms with Crippen LogP contribution in [0.4, 0.5) is 0 Å². The predicted octanol–water partition coefficient (Wildman–Crippen LogP) is 3.08. The van der Waals surface area contributed by atoms with Crippen LogP contribution in [-0.2, 0) is 20.8 Å². The number of carboxylic acids is 1. The molecule has 0 aliphatic heterocycles. The van der Waals surface area contributed by atoms with Crippen molar-refractivity contribution in [1.82, 2.24) is 10.8 Å². The van der Waals surface area contributed by atoms with E-state index in [9.17, 15) is 14.4 Å². The Morgan fingerprint density at radius 2 is 1.67 bits per heavy atom. The first kappa shape index (κ1) is 25.1. The van der Waals surface area contributed by atoms with Gasteiger partial charge in [-0.05, 0) is 43.4 Å². The van der Waals surface area contributed by atoms with Crippen molar-refractivity contribution in [2.75, 3.05) is 0 Å². The highest BCUT2D eigenvalue weighted by Crippen LogP contribution is 2.12. The molecule has 0 saturated carbocycles. The van der Waals surface area contributed by atoms with Crippen LogP contribution in [0, 0.1) is 11.3 Å². The number of nitriles is 1. The molecule has 2 amide bonds. The number of carbonyl (C=O) groups is 3. The van der Waals surface area contributed by atoms with Crippen molar-refractivity contribution in [1.29, 1.82) is 5.26 Å². The largest absolute Gasteiger partial charge is 0.481 e. The minimum Gasteiger partial charge on any atom is -0.481 e. The molecule has 0 unspecified atom stereocenters. The third-order valence-corrected chi connectivity index (χ3v) is 4.83. The molecule has 1 aromatic carbocycles. The summed E-state index contributed by atoms with van der Waals surface area (Å²) in [4.78, 5) is 34.1. The Morgan fingerprint density at radius 1 is 1.00 bits per heavy atom. The van der Waals surface area contributed by atoms with Gasteiger partial charge in [0.25, 0.3) is 5.91 Å². The van der Waals surface area contributed by atoms with Gasteiger partial charge in [0.15, 0.2) is 0 Å². The zero-order valence-corrected chi connectivity index (χ0v) is 17.2. The van der Waals surface area contributed by atoms with Crippen LogP contribution >= 0.6 is 0 Å². The quantitative estimate of drug-likeness (QED) is 0.196. The average Bonchev–Trinajstić information content (AvgIpc) is 2.74. The number of carboxylic acid groups (broad SMARTS) is 1. The van der Waals surface area contributed by atoms with Crippen molar-refractivity contribution in [3.05, 3.63) is 35.4 Å².